The molecule has 1 aliphatic carbocycles. The molecule has 0 aromatic carbocycles. The van der Waals surface area contributed by atoms with E-state index in [0.29, 0.717) is 10.9 Å². The molecule has 1 aliphatic rings. The van der Waals surface area contributed by atoms with Gasteiger partial charge in [0.1, 0.15) is 0 Å². The molecular weight excluding hydrogens is 364 g/mol. The molecule has 0 spiro atoms. The highest BCUT2D eigenvalue weighted by Crippen LogP contribution is 2.27. The summed E-state index contributed by atoms with van der Waals surface area (Å²) in [5.74, 6) is 0.682. The van der Waals surface area contributed by atoms with Crippen LogP contribution in [0.5, 0.6) is 0 Å². The molecule has 122 valence electrons. The zero-order chi connectivity index (χ0) is 16.3. The molecular formula is C16H23BrN2O2S. The Kier molecular flexibility index (Phi) is 6.03. The first-order chi connectivity index (χ1) is 10.4. The van der Waals surface area contributed by atoms with E-state index in [1.165, 1.54) is 29.1 Å². The minimum Gasteiger partial charge on any atom is -0.341 e. The van der Waals surface area contributed by atoms with Crippen LogP contribution >= 0.6 is 27.3 Å². The summed E-state index contributed by atoms with van der Waals surface area (Å²) in [4.78, 5) is 28.7. The van der Waals surface area contributed by atoms with E-state index in [9.17, 15) is 9.59 Å². The first kappa shape index (κ1) is 17.5. The van der Waals surface area contributed by atoms with Crippen LogP contribution in [0, 0.1) is 5.92 Å². The molecule has 22 heavy (non-hydrogen) atoms. The minimum atomic E-state index is -0.102. The molecule has 0 atom stereocenters. The second-order valence-corrected chi connectivity index (χ2v) is 8.65. The molecule has 0 unspecified atom stereocenters. The van der Waals surface area contributed by atoms with Crippen LogP contribution in [0.25, 0.3) is 0 Å². The summed E-state index contributed by atoms with van der Waals surface area (Å²) in [7, 11) is 3.55. The Labute approximate surface area is 144 Å². The van der Waals surface area contributed by atoms with Gasteiger partial charge in [0, 0.05) is 20.1 Å². The first-order valence-electron chi connectivity index (χ1n) is 7.65. The maximum Gasteiger partial charge on any atom is 0.264 e. The molecule has 0 N–H and O–H groups in total. The van der Waals surface area contributed by atoms with Crippen molar-refractivity contribution in [3.8, 4) is 0 Å². The molecule has 1 saturated carbocycles. The average molecular weight is 387 g/mol. The standard InChI is InChI=1S/C16H23BrN2O2S/c1-11-4-6-12(7-5-11)19(3)15(20)10-18(2)16(21)13-8-9-14(17)22-13/h8-9,11-12H,4-7,10H2,1-3H3. The van der Waals surface area contributed by atoms with Gasteiger partial charge in [-0.3, -0.25) is 9.59 Å². The summed E-state index contributed by atoms with van der Waals surface area (Å²) >= 11 is 4.74. The van der Waals surface area contributed by atoms with Crippen LogP contribution in [-0.2, 0) is 4.79 Å². The largest absolute Gasteiger partial charge is 0.341 e. The van der Waals surface area contributed by atoms with Crippen molar-refractivity contribution in [3.05, 3.63) is 20.8 Å². The molecule has 1 aromatic heterocycles. The van der Waals surface area contributed by atoms with Gasteiger partial charge in [-0.25, -0.2) is 0 Å². The Morgan fingerprint density at radius 1 is 1.23 bits per heavy atom. The van der Waals surface area contributed by atoms with Gasteiger partial charge in [-0.15, -0.1) is 11.3 Å². The summed E-state index contributed by atoms with van der Waals surface area (Å²) in [6, 6.07) is 3.95. The molecule has 1 heterocycles. The lowest BCUT2D eigenvalue weighted by molar-refractivity contribution is -0.133. The number of carbonyl (C=O) groups is 2. The summed E-state index contributed by atoms with van der Waals surface area (Å²) in [5, 5.41) is 0. The second kappa shape index (κ2) is 7.59. The van der Waals surface area contributed by atoms with Gasteiger partial charge in [0.2, 0.25) is 5.91 Å². The Bertz CT molecular complexity index is 538. The van der Waals surface area contributed by atoms with Gasteiger partial charge in [-0.2, -0.15) is 0 Å². The normalized spacial score (nSPS) is 21.5. The third kappa shape index (κ3) is 4.32. The van der Waals surface area contributed by atoms with E-state index in [2.05, 4.69) is 22.9 Å². The molecule has 0 radical (unpaired) electrons. The van der Waals surface area contributed by atoms with Crippen LogP contribution in [0.1, 0.15) is 42.3 Å². The first-order valence-corrected chi connectivity index (χ1v) is 9.26. The van der Waals surface area contributed by atoms with Crippen molar-refractivity contribution in [1.29, 1.82) is 0 Å². The van der Waals surface area contributed by atoms with Crippen LogP contribution in [0.4, 0.5) is 0 Å². The SMILES string of the molecule is CC1CCC(N(C)C(=O)CN(C)C(=O)c2ccc(Br)s2)CC1. The number of rotatable bonds is 4. The van der Waals surface area contributed by atoms with Crippen LogP contribution in [-0.4, -0.2) is 48.3 Å². The van der Waals surface area contributed by atoms with E-state index < -0.39 is 0 Å². The zero-order valence-electron chi connectivity index (χ0n) is 13.3. The van der Waals surface area contributed by atoms with E-state index in [-0.39, 0.29) is 18.4 Å². The number of hydrogen-bond acceptors (Lipinski definition) is 3. The second-order valence-electron chi connectivity index (χ2n) is 6.18. The predicted octanol–water partition coefficient (Wildman–Crippen LogP) is 3.62. The lowest BCUT2D eigenvalue weighted by atomic mass is 9.87. The highest BCUT2D eigenvalue weighted by molar-refractivity contribution is 9.11. The number of halogens is 1. The van der Waals surface area contributed by atoms with Gasteiger partial charge in [0.25, 0.3) is 5.91 Å². The smallest absolute Gasteiger partial charge is 0.264 e. The number of nitrogens with zero attached hydrogens (tertiary/aromatic N) is 2. The molecule has 0 saturated heterocycles. The van der Waals surface area contributed by atoms with Crippen molar-refractivity contribution in [3.63, 3.8) is 0 Å². The number of carbonyl (C=O) groups excluding carboxylic acids is 2. The van der Waals surface area contributed by atoms with Gasteiger partial charge >= 0.3 is 0 Å². The van der Waals surface area contributed by atoms with Crippen molar-refractivity contribution >= 4 is 39.1 Å². The highest BCUT2D eigenvalue weighted by atomic mass is 79.9. The summed E-state index contributed by atoms with van der Waals surface area (Å²) in [5.41, 5.74) is 0. The monoisotopic (exact) mass is 386 g/mol. The lowest BCUT2D eigenvalue weighted by Crippen LogP contribution is -2.45. The van der Waals surface area contributed by atoms with Gasteiger partial charge in [0.15, 0.2) is 0 Å². The molecule has 4 nitrogen and oxygen atoms in total. The third-order valence-corrected chi connectivity index (χ3v) is 6.04. The molecule has 2 rings (SSSR count). The van der Waals surface area contributed by atoms with Gasteiger partial charge in [-0.05, 0) is 59.7 Å². The zero-order valence-corrected chi connectivity index (χ0v) is 15.7. The fourth-order valence-electron chi connectivity index (χ4n) is 2.84. The fourth-order valence-corrected chi connectivity index (χ4v) is 4.22. The van der Waals surface area contributed by atoms with Crippen molar-refractivity contribution in [2.24, 2.45) is 5.92 Å². The van der Waals surface area contributed by atoms with Gasteiger partial charge in [0.05, 0.1) is 15.2 Å². The molecule has 0 bridgehead atoms. The van der Waals surface area contributed by atoms with Crippen LogP contribution in [0.15, 0.2) is 15.9 Å². The van der Waals surface area contributed by atoms with Crippen molar-refractivity contribution in [2.75, 3.05) is 20.6 Å². The maximum atomic E-state index is 12.4. The van der Waals surface area contributed by atoms with Crippen LogP contribution in [0.3, 0.4) is 0 Å². The van der Waals surface area contributed by atoms with Gasteiger partial charge in [-0.1, -0.05) is 6.92 Å². The topological polar surface area (TPSA) is 40.6 Å². The van der Waals surface area contributed by atoms with E-state index in [1.807, 2.05) is 18.0 Å². The maximum absolute atomic E-state index is 12.4. The Morgan fingerprint density at radius 3 is 2.41 bits per heavy atom. The predicted molar refractivity (Wildman–Crippen MR) is 93.2 cm³/mol. The molecule has 1 aromatic rings. The number of thiophene rings is 1. The Hall–Kier alpha value is -0.880. The van der Waals surface area contributed by atoms with Crippen molar-refractivity contribution in [2.45, 2.75) is 38.6 Å². The molecule has 0 aliphatic heterocycles. The van der Waals surface area contributed by atoms with E-state index in [4.69, 9.17) is 0 Å². The molecule has 1 fully saturated rings. The van der Waals surface area contributed by atoms with E-state index >= 15 is 0 Å². The van der Waals surface area contributed by atoms with Crippen LogP contribution in [0.2, 0.25) is 0 Å². The molecule has 6 heteroatoms. The van der Waals surface area contributed by atoms with E-state index in [0.717, 1.165) is 22.5 Å². The summed E-state index contributed by atoms with van der Waals surface area (Å²) in [6.45, 7) is 2.40. The van der Waals surface area contributed by atoms with Gasteiger partial charge < -0.3 is 9.80 Å². The highest BCUT2D eigenvalue weighted by Gasteiger charge is 2.26. The Balaban J connectivity index is 1.89. The summed E-state index contributed by atoms with van der Waals surface area (Å²) < 4.78 is 0.920. The quantitative estimate of drug-likeness (QED) is 0.792. The number of hydrogen-bond donors (Lipinski definition) is 0. The molecule has 2 amide bonds. The lowest BCUT2D eigenvalue weighted by Gasteiger charge is -2.34. The number of amides is 2. The summed E-state index contributed by atoms with van der Waals surface area (Å²) in [6.07, 6.45) is 4.50. The van der Waals surface area contributed by atoms with Crippen molar-refractivity contribution in [1.82, 2.24) is 9.80 Å². The van der Waals surface area contributed by atoms with Crippen LogP contribution < -0.4 is 0 Å². The number of likely N-dealkylation sites (N-methyl/N-ethyl adjacent to an activating group) is 2. The average Bonchev–Trinajstić information content (AvgIpc) is 2.92. The Morgan fingerprint density at radius 2 is 1.86 bits per heavy atom. The minimum absolute atomic E-state index is 0.0195. The van der Waals surface area contributed by atoms with Crippen molar-refractivity contribution < 1.29 is 9.59 Å². The fraction of sp³-hybridized carbons (Fsp3) is 0.625. The third-order valence-electron chi connectivity index (χ3n) is 4.43. The van der Waals surface area contributed by atoms with E-state index in [1.54, 1.807) is 13.1 Å².